The minimum Gasteiger partial charge on any atom is -0.362 e. The van der Waals surface area contributed by atoms with Crippen LogP contribution in [0.2, 0.25) is 5.02 Å². The van der Waals surface area contributed by atoms with Gasteiger partial charge in [0, 0.05) is 17.6 Å². The van der Waals surface area contributed by atoms with E-state index in [4.69, 9.17) is 23.8 Å². The first-order valence-corrected chi connectivity index (χ1v) is 8.35. The molecule has 0 aromatic heterocycles. The van der Waals surface area contributed by atoms with Crippen molar-refractivity contribution in [2.24, 2.45) is 0 Å². The lowest BCUT2D eigenvalue weighted by Crippen LogP contribution is -2.42. The smallest absolute Gasteiger partial charge is 0.166 e. The normalized spacial score (nSPS) is 13.7. The highest BCUT2D eigenvalue weighted by atomic mass is 35.5. The fraction of sp³-hybridized carbons (Fsp3) is 0.278. The maximum Gasteiger partial charge on any atom is 0.166 e. The number of fused-ring (bicyclic) bond motifs is 1. The Kier molecular flexibility index (Phi) is 4.96. The van der Waals surface area contributed by atoms with Crippen molar-refractivity contribution < 1.29 is 0 Å². The molecule has 0 atom stereocenters. The Morgan fingerprint density at radius 1 is 1.05 bits per heavy atom. The Bertz CT molecular complexity index is 629. The van der Waals surface area contributed by atoms with Gasteiger partial charge in [-0.15, -0.1) is 0 Å². The van der Waals surface area contributed by atoms with Gasteiger partial charge >= 0.3 is 0 Å². The topological polar surface area (TPSA) is 24.1 Å². The van der Waals surface area contributed by atoms with Crippen molar-refractivity contribution >= 4 is 28.9 Å². The standard InChI is InChI=1S/C18H19ClN2S/c19-16-7-5-13(6-8-16)9-10-20-18(22)21-17-11-14-3-1-2-4-15(14)12-17/h1-8,17H,9-12H2,(H2,20,21,22). The molecule has 2 aromatic rings. The zero-order chi connectivity index (χ0) is 15.4. The first kappa shape index (κ1) is 15.3. The number of thiocarbonyl (C=S) groups is 1. The van der Waals surface area contributed by atoms with Crippen LogP contribution in [0.25, 0.3) is 0 Å². The number of hydrogen-bond donors (Lipinski definition) is 2. The summed E-state index contributed by atoms with van der Waals surface area (Å²) >= 11 is 11.3. The molecule has 22 heavy (non-hydrogen) atoms. The van der Waals surface area contributed by atoms with Crippen LogP contribution in [0.5, 0.6) is 0 Å². The zero-order valence-corrected chi connectivity index (χ0v) is 13.9. The molecule has 3 rings (SSSR count). The molecule has 1 aliphatic carbocycles. The van der Waals surface area contributed by atoms with Crippen LogP contribution >= 0.6 is 23.8 Å². The van der Waals surface area contributed by atoms with Gasteiger partial charge in [0.05, 0.1) is 0 Å². The van der Waals surface area contributed by atoms with Gasteiger partial charge in [-0.25, -0.2) is 0 Å². The molecule has 0 amide bonds. The second-order valence-electron chi connectivity index (χ2n) is 5.65. The first-order chi connectivity index (χ1) is 10.7. The second-order valence-corrected chi connectivity index (χ2v) is 6.50. The number of halogens is 1. The zero-order valence-electron chi connectivity index (χ0n) is 12.3. The number of rotatable bonds is 4. The number of hydrogen-bond acceptors (Lipinski definition) is 1. The predicted molar refractivity (Wildman–Crippen MR) is 96.5 cm³/mol. The van der Waals surface area contributed by atoms with Gasteiger partial charge in [-0.1, -0.05) is 48.0 Å². The molecule has 2 aromatic carbocycles. The molecule has 0 fully saturated rings. The maximum absolute atomic E-state index is 5.88. The van der Waals surface area contributed by atoms with E-state index < -0.39 is 0 Å². The lowest BCUT2D eigenvalue weighted by atomic mass is 10.1. The van der Waals surface area contributed by atoms with E-state index in [1.165, 1.54) is 16.7 Å². The molecule has 0 bridgehead atoms. The van der Waals surface area contributed by atoms with Crippen LogP contribution in [0.4, 0.5) is 0 Å². The lowest BCUT2D eigenvalue weighted by Gasteiger charge is -2.15. The summed E-state index contributed by atoms with van der Waals surface area (Å²) in [6.45, 7) is 0.827. The highest BCUT2D eigenvalue weighted by Crippen LogP contribution is 2.21. The lowest BCUT2D eigenvalue weighted by molar-refractivity contribution is 0.633. The summed E-state index contributed by atoms with van der Waals surface area (Å²) in [5, 5.41) is 8.22. The molecule has 4 heteroatoms. The van der Waals surface area contributed by atoms with Gasteiger partial charge in [0.15, 0.2) is 5.11 Å². The Morgan fingerprint density at radius 2 is 1.68 bits per heavy atom. The Hall–Kier alpha value is -1.58. The fourth-order valence-corrected chi connectivity index (χ4v) is 3.26. The van der Waals surface area contributed by atoms with Crippen LogP contribution in [0.15, 0.2) is 48.5 Å². The summed E-state index contributed by atoms with van der Waals surface area (Å²) in [6.07, 6.45) is 3.04. The molecule has 0 unspecified atom stereocenters. The highest BCUT2D eigenvalue weighted by Gasteiger charge is 2.20. The van der Waals surface area contributed by atoms with Crippen molar-refractivity contribution in [3.8, 4) is 0 Å². The third-order valence-corrected chi connectivity index (χ3v) is 4.51. The molecular formula is C18H19ClN2S. The van der Waals surface area contributed by atoms with Crippen LogP contribution in [-0.4, -0.2) is 17.7 Å². The summed E-state index contributed by atoms with van der Waals surface area (Å²) in [5.74, 6) is 0. The number of benzene rings is 2. The van der Waals surface area contributed by atoms with Crippen LogP contribution in [0.1, 0.15) is 16.7 Å². The van der Waals surface area contributed by atoms with E-state index in [2.05, 4.69) is 34.9 Å². The van der Waals surface area contributed by atoms with Crippen molar-refractivity contribution in [2.75, 3.05) is 6.54 Å². The van der Waals surface area contributed by atoms with Crippen LogP contribution in [0.3, 0.4) is 0 Å². The fourth-order valence-electron chi connectivity index (χ4n) is 2.87. The Balaban J connectivity index is 1.41. The molecular weight excluding hydrogens is 312 g/mol. The third-order valence-electron chi connectivity index (χ3n) is 4.00. The molecule has 0 radical (unpaired) electrons. The summed E-state index contributed by atoms with van der Waals surface area (Å²) in [5.41, 5.74) is 4.13. The van der Waals surface area contributed by atoms with E-state index in [9.17, 15) is 0 Å². The van der Waals surface area contributed by atoms with E-state index in [-0.39, 0.29) is 0 Å². The first-order valence-electron chi connectivity index (χ1n) is 7.56. The minimum atomic E-state index is 0.410. The summed E-state index contributed by atoms with van der Waals surface area (Å²) in [6, 6.07) is 17.0. The predicted octanol–water partition coefficient (Wildman–Crippen LogP) is 3.51. The molecule has 0 aliphatic heterocycles. The van der Waals surface area contributed by atoms with Crippen molar-refractivity contribution in [3.63, 3.8) is 0 Å². The van der Waals surface area contributed by atoms with Crippen molar-refractivity contribution in [1.82, 2.24) is 10.6 Å². The molecule has 0 spiro atoms. The monoisotopic (exact) mass is 330 g/mol. The second kappa shape index (κ2) is 7.12. The van der Waals surface area contributed by atoms with Crippen LogP contribution in [-0.2, 0) is 19.3 Å². The van der Waals surface area contributed by atoms with E-state index >= 15 is 0 Å². The SMILES string of the molecule is S=C(NCCc1ccc(Cl)cc1)NC1Cc2ccccc2C1. The molecule has 0 saturated heterocycles. The van der Waals surface area contributed by atoms with E-state index in [0.29, 0.717) is 6.04 Å². The maximum atomic E-state index is 5.88. The third kappa shape index (κ3) is 3.99. The average Bonchev–Trinajstić information content (AvgIpc) is 2.91. The van der Waals surface area contributed by atoms with Gasteiger partial charge < -0.3 is 10.6 Å². The molecule has 2 N–H and O–H groups in total. The molecule has 2 nitrogen and oxygen atoms in total. The minimum absolute atomic E-state index is 0.410. The van der Waals surface area contributed by atoms with Gasteiger partial charge in [0.1, 0.15) is 0 Å². The van der Waals surface area contributed by atoms with Gasteiger partial charge in [0.25, 0.3) is 0 Å². The molecule has 0 heterocycles. The van der Waals surface area contributed by atoms with Crippen molar-refractivity contribution in [2.45, 2.75) is 25.3 Å². The molecule has 0 saturated carbocycles. The van der Waals surface area contributed by atoms with E-state index in [0.717, 1.165) is 35.9 Å². The quantitative estimate of drug-likeness (QED) is 0.839. The Morgan fingerprint density at radius 3 is 2.32 bits per heavy atom. The van der Waals surface area contributed by atoms with Gasteiger partial charge in [-0.2, -0.15) is 0 Å². The largest absolute Gasteiger partial charge is 0.362 e. The molecule has 114 valence electrons. The van der Waals surface area contributed by atoms with Gasteiger partial charge in [0.2, 0.25) is 0 Å². The van der Waals surface area contributed by atoms with Gasteiger partial charge in [-0.05, 0) is 60.3 Å². The van der Waals surface area contributed by atoms with Crippen molar-refractivity contribution in [3.05, 3.63) is 70.2 Å². The summed E-state index contributed by atoms with van der Waals surface area (Å²) < 4.78 is 0. The van der Waals surface area contributed by atoms with E-state index in [1.54, 1.807) is 0 Å². The Labute approximate surface area is 141 Å². The number of nitrogens with one attached hydrogen (secondary N) is 2. The molecule has 1 aliphatic rings. The summed E-state index contributed by atoms with van der Waals surface area (Å²) in [7, 11) is 0. The van der Waals surface area contributed by atoms with Crippen LogP contribution in [0, 0.1) is 0 Å². The van der Waals surface area contributed by atoms with E-state index in [1.807, 2.05) is 24.3 Å². The summed E-state index contributed by atoms with van der Waals surface area (Å²) in [4.78, 5) is 0. The van der Waals surface area contributed by atoms with Crippen LogP contribution < -0.4 is 10.6 Å². The average molecular weight is 331 g/mol. The highest BCUT2D eigenvalue weighted by molar-refractivity contribution is 7.80. The van der Waals surface area contributed by atoms with Crippen molar-refractivity contribution in [1.29, 1.82) is 0 Å². The van der Waals surface area contributed by atoms with Gasteiger partial charge in [-0.3, -0.25) is 0 Å².